The van der Waals surface area contributed by atoms with Crippen LogP contribution in [0.15, 0.2) is 0 Å². The minimum Gasteiger partial charge on any atom is -0.465 e. The summed E-state index contributed by atoms with van der Waals surface area (Å²) in [7, 11) is 2.77. The quantitative estimate of drug-likeness (QED) is 0.655. The van der Waals surface area contributed by atoms with E-state index in [0.717, 1.165) is 16.2 Å². The Balaban J connectivity index is 2.13. The van der Waals surface area contributed by atoms with Crippen LogP contribution in [0.2, 0.25) is 0 Å². The van der Waals surface area contributed by atoms with E-state index >= 15 is 0 Å². The van der Waals surface area contributed by atoms with E-state index in [1.165, 1.54) is 14.2 Å². The fourth-order valence-corrected chi connectivity index (χ4v) is 2.88. The van der Waals surface area contributed by atoms with Gasteiger partial charge in [0.25, 0.3) is 5.91 Å². The van der Waals surface area contributed by atoms with Crippen LogP contribution in [0, 0.1) is 6.92 Å². The van der Waals surface area contributed by atoms with Crippen LogP contribution in [0.25, 0.3) is 0 Å². The lowest BCUT2D eigenvalue weighted by atomic mass is 10.1. The normalized spacial score (nSPS) is 19.1. The van der Waals surface area contributed by atoms with Crippen molar-refractivity contribution in [3.8, 4) is 0 Å². The van der Waals surface area contributed by atoms with Gasteiger partial charge in [-0.3, -0.25) is 14.5 Å². The molecule has 1 aliphatic rings. The lowest BCUT2D eigenvalue weighted by Gasteiger charge is -2.27. The zero-order valence-corrected chi connectivity index (χ0v) is 12.2. The topological polar surface area (TPSA) is 88.6 Å². The Morgan fingerprint density at radius 1 is 1.50 bits per heavy atom. The first-order valence-electron chi connectivity index (χ1n) is 6.06. The number of aromatic nitrogens is 1. The van der Waals surface area contributed by atoms with E-state index in [4.69, 9.17) is 0 Å². The number of carbonyl (C=O) groups is 3. The van der Waals surface area contributed by atoms with Gasteiger partial charge in [0.15, 0.2) is 5.13 Å². The average molecular weight is 297 g/mol. The number of amides is 2. The van der Waals surface area contributed by atoms with E-state index in [-0.39, 0.29) is 11.8 Å². The van der Waals surface area contributed by atoms with Crippen molar-refractivity contribution in [2.45, 2.75) is 25.8 Å². The van der Waals surface area contributed by atoms with Gasteiger partial charge < -0.3 is 10.1 Å². The van der Waals surface area contributed by atoms with E-state index in [9.17, 15) is 14.4 Å². The maximum absolute atomic E-state index is 11.9. The molecular weight excluding hydrogens is 282 g/mol. The number of hydrogen-bond acceptors (Lipinski definition) is 7. The number of piperidine rings is 1. The molecule has 1 N–H and O–H groups in total. The second-order valence-corrected chi connectivity index (χ2v) is 5.45. The molecule has 0 aliphatic carbocycles. The number of likely N-dealkylation sites (tertiary alicyclic amines) is 1. The van der Waals surface area contributed by atoms with E-state index in [1.807, 2.05) is 0 Å². The molecule has 0 radical (unpaired) electrons. The number of nitrogens with one attached hydrogen (secondary N) is 1. The van der Waals surface area contributed by atoms with Crippen LogP contribution in [-0.2, 0) is 14.3 Å². The second-order valence-electron chi connectivity index (χ2n) is 4.45. The number of imide groups is 1. The van der Waals surface area contributed by atoms with Crippen LogP contribution < -0.4 is 5.32 Å². The van der Waals surface area contributed by atoms with Gasteiger partial charge in [-0.25, -0.2) is 9.78 Å². The molecule has 8 heteroatoms. The molecule has 0 spiro atoms. The summed E-state index contributed by atoms with van der Waals surface area (Å²) in [6.45, 7) is 1.70. The SMILES string of the molecule is COC(=O)c1sc(NC2CCC(=O)N(C)C2=O)nc1C. The Hall–Kier alpha value is -1.96. The number of ether oxygens (including phenoxy) is 1. The highest BCUT2D eigenvalue weighted by molar-refractivity contribution is 7.17. The largest absolute Gasteiger partial charge is 0.465 e. The summed E-state index contributed by atoms with van der Waals surface area (Å²) in [6.07, 6.45) is 0.738. The summed E-state index contributed by atoms with van der Waals surface area (Å²) >= 11 is 1.14. The minimum atomic E-state index is -0.492. The molecule has 0 saturated carbocycles. The Labute approximate surface area is 119 Å². The lowest BCUT2D eigenvalue weighted by Crippen LogP contribution is -2.48. The third-order valence-electron chi connectivity index (χ3n) is 3.11. The molecule has 2 heterocycles. The fourth-order valence-electron chi connectivity index (χ4n) is 1.94. The van der Waals surface area contributed by atoms with Gasteiger partial charge in [-0.15, -0.1) is 0 Å². The highest BCUT2D eigenvalue weighted by atomic mass is 32.1. The first kappa shape index (κ1) is 14.4. The van der Waals surface area contributed by atoms with Crippen LogP contribution in [-0.4, -0.2) is 47.9 Å². The number of likely N-dealkylation sites (N-methyl/N-ethyl adjacent to an activating group) is 1. The summed E-state index contributed by atoms with van der Waals surface area (Å²) in [5, 5.41) is 3.45. The Morgan fingerprint density at radius 3 is 2.85 bits per heavy atom. The van der Waals surface area contributed by atoms with Crippen molar-refractivity contribution >= 4 is 34.3 Å². The third-order valence-corrected chi connectivity index (χ3v) is 4.18. The molecule has 1 unspecified atom stereocenters. The first-order chi connectivity index (χ1) is 9.43. The van der Waals surface area contributed by atoms with Gasteiger partial charge in [0.2, 0.25) is 5.91 Å². The second kappa shape index (κ2) is 5.58. The van der Waals surface area contributed by atoms with Crippen LogP contribution in [0.5, 0.6) is 0 Å². The molecule has 1 fully saturated rings. The maximum Gasteiger partial charge on any atom is 0.350 e. The van der Waals surface area contributed by atoms with Crippen molar-refractivity contribution in [1.82, 2.24) is 9.88 Å². The summed E-state index contributed by atoms with van der Waals surface area (Å²) in [5.41, 5.74) is 0.553. The van der Waals surface area contributed by atoms with Gasteiger partial charge in [0, 0.05) is 13.5 Å². The minimum absolute atomic E-state index is 0.182. The summed E-state index contributed by atoms with van der Waals surface area (Å²) in [6, 6.07) is -0.492. The number of rotatable bonds is 3. The molecule has 1 aromatic heterocycles. The summed E-state index contributed by atoms with van der Waals surface area (Å²) < 4.78 is 4.66. The van der Waals surface area contributed by atoms with E-state index in [1.54, 1.807) is 6.92 Å². The molecule has 1 aromatic rings. The molecule has 1 atom stereocenters. The highest BCUT2D eigenvalue weighted by Crippen LogP contribution is 2.25. The number of thiazole rings is 1. The number of nitrogens with zero attached hydrogens (tertiary/aromatic N) is 2. The third kappa shape index (κ3) is 2.64. The van der Waals surface area contributed by atoms with Crippen LogP contribution >= 0.6 is 11.3 Å². The van der Waals surface area contributed by atoms with E-state index in [2.05, 4.69) is 15.0 Å². The van der Waals surface area contributed by atoms with E-state index < -0.39 is 12.0 Å². The Bertz CT molecular complexity index is 569. The Kier molecular flexibility index (Phi) is 4.03. The molecule has 1 saturated heterocycles. The number of carbonyl (C=O) groups excluding carboxylic acids is 3. The van der Waals surface area contributed by atoms with Crippen LogP contribution in [0.4, 0.5) is 5.13 Å². The van der Waals surface area contributed by atoms with Crippen LogP contribution in [0.3, 0.4) is 0 Å². The van der Waals surface area contributed by atoms with Gasteiger partial charge in [-0.2, -0.15) is 0 Å². The average Bonchev–Trinajstić information content (AvgIpc) is 2.79. The molecule has 2 rings (SSSR count). The van der Waals surface area contributed by atoms with Crippen molar-refractivity contribution in [2.75, 3.05) is 19.5 Å². The number of hydrogen-bond donors (Lipinski definition) is 1. The van der Waals surface area contributed by atoms with Crippen molar-refractivity contribution in [2.24, 2.45) is 0 Å². The van der Waals surface area contributed by atoms with Gasteiger partial charge in [-0.1, -0.05) is 11.3 Å². The standard InChI is InChI=1S/C12H15N3O4S/c1-6-9(11(18)19-3)20-12(13-6)14-7-4-5-8(16)15(2)10(7)17/h7H,4-5H2,1-3H3,(H,13,14). The number of methoxy groups -OCH3 is 1. The molecule has 1 aliphatic heterocycles. The smallest absolute Gasteiger partial charge is 0.350 e. The fraction of sp³-hybridized carbons (Fsp3) is 0.500. The van der Waals surface area contributed by atoms with Crippen molar-refractivity contribution < 1.29 is 19.1 Å². The van der Waals surface area contributed by atoms with Gasteiger partial charge in [0.05, 0.1) is 12.8 Å². The van der Waals surface area contributed by atoms with Crippen molar-refractivity contribution in [3.63, 3.8) is 0 Å². The number of esters is 1. The van der Waals surface area contributed by atoms with Gasteiger partial charge in [0.1, 0.15) is 10.9 Å². The molecule has 0 bridgehead atoms. The monoisotopic (exact) mass is 297 g/mol. The predicted molar refractivity (Wildman–Crippen MR) is 72.6 cm³/mol. The number of aryl methyl sites for hydroxylation is 1. The lowest BCUT2D eigenvalue weighted by molar-refractivity contribution is -0.146. The molecular formula is C12H15N3O4S. The maximum atomic E-state index is 11.9. The van der Waals surface area contributed by atoms with Crippen molar-refractivity contribution in [3.05, 3.63) is 10.6 Å². The molecule has 20 heavy (non-hydrogen) atoms. The summed E-state index contributed by atoms with van der Waals surface area (Å²) in [5.74, 6) is -0.914. The zero-order chi connectivity index (χ0) is 14.9. The Morgan fingerprint density at radius 2 is 2.20 bits per heavy atom. The van der Waals surface area contributed by atoms with Gasteiger partial charge in [-0.05, 0) is 13.3 Å². The molecule has 7 nitrogen and oxygen atoms in total. The summed E-state index contributed by atoms with van der Waals surface area (Å²) in [4.78, 5) is 40.6. The van der Waals surface area contributed by atoms with E-state index in [0.29, 0.717) is 28.5 Å². The molecule has 2 amide bonds. The number of anilines is 1. The van der Waals surface area contributed by atoms with Gasteiger partial charge >= 0.3 is 5.97 Å². The zero-order valence-electron chi connectivity index (χ0n) is 11.4. The highest BCUT2D eigenvalue weighted by Gasteiger charge is 2.32. The molecule has 0 aromatic carbocycles. The van der Waals surface area contributed by atoms with Crippen molar-refractivity contribution in [1.29, 1.82) is 0 Å². The predicted octanol–water partition coefficient (Wildman–Crippen LogP) is 0.797. The van der Waals surface area contributed by atoms with Crippen LogP contribution in [0.1, 0.15) is 28.2 Å². The molecule has 108 valence electrons. The first-order valence-corrected chi connectivity index (χ1v) is 6.88.